The minimum atomic E-state index is -0.150. The van der Waals surface area contributed by atoms with E-state index < -0.39 is 0 Å². The highest BCUT2D eigenvalue weighted by molar-refractivity contribution is 5.66. The Morgan fingerprint density at radius 1 is 0.971 bits per heavy atom. The van der Waals surface area contributed by atoms with Gasteiger partial charge in [-0.1, -0.05) is 46.3 Å². The van der Waals surface area contributed by atoms with Crippen LogP contribution in [0.2, 0.25) is 0 Å². The Kier molecular flexibility index (Phi) is 7.80. The van der Waals surface area contributed by atoms with Gasteiger partial charge in [0.05, 0.1) is 0 Å². The van der Waals surface area contributed by atoms with Gasteiger partial charge >= 0.3 is 11.9 Å². The van der Waals surface area contributed by atoms with Gasteiger partial charge in [0.15, 0.2) is 0 Å². The molecule has 4 nitrogen and oxygen atoms in total. The number of fused-ring (bicyclic) bond motifs is 5. The number of hydrogen-bond acceptors (Lipinski definition) is 4. The molecule has 0 aliphatic heterocycles. The average molecular weight is 487 g/mol. The van der Waals surface area contributed by atoms with E-state index in [4.69, 9.17) is 9.47 Å². The second kappa shape index (κ2) is 10.2. The van der Waals surface area contributed by atoms with Gasteiger partial charge in [0.1, 0.15) is 12.2 Å². The van der Waals surface area contributed by atoms with E-state index in [9.17, 15) is 9.59 Å². The lowest BCUT2D eigenvalue weighted by Crippen LogP contribution is -2.51. The maximum atomic E-state index is 11.6. The van der Waals surface area contributed by atoms with Crippen LogP contribution < -0.4 is 0 Å². The minimum absolute atomic E-state index is 0.0413. The molecule has 0 aromatic carbocycles. The molecule has 35 heavy (non-hydrogen) atoms. The van der Waals surface area contributed by atoms with Crippen LogP contribution in [0.25, 0.3) is 0 Å². The van der Waals surface area contributed by atoms with Crippen molar-refractivity contribution in [1.29, 1.82) is 0 Å². The molecule has 198 valence electrons. The largest absolute Gasteiger partial charge is 0.462 e. The topological polar surface area (TPSA) is 52.6 Å². The summed E-state index contributed by atoms with van der Waals surface area (Å²) in [5.41, 5.74) is 2.30. The second-order valence-electron chi connectivity index (χ2n) is 13.4. The van der Waals surface area contributed by atoms with Crippen LogP contribution in [0.4, 0.5) is 0 Å². The molecule has 4 aliphatic carbocycles. The molecule has 0 aromatic heterocycles. The van der Waals surface area contributed by atoms with E-state index in [2.05, 4.69) is 40.7 Å². The Labute approximate surface area is 214 Å². The first-order valence-corrected chi connectivity index (χ1v) is 14.5. The van der Waals surface area contributed by atoms with Crippen LogP contribution in [0.5, 0.6) is 0 Å². The van der Waals surface area contributed by atoms with Crippen LogP contribution in [0.3, 0.4) is 0 Å². The van der Waals surface area contributed by atoms with Gasteiger partial charge in [-0.2, -0.15) is 0 Å². The third-order valence-corrected chi connectivity index (χ3v) is 11.1. The molecule has 0 saturated heterocycles. The highest BCUT2D eigenvalue weighted by Crippen LogP contribution is 2.67. The molecular weight excluding hydrogens is 436 g/mol. The normalized spacial score (nSPS) is 40.1. The third-order valence-electron chi connectivity index (χ3n) is 11.1. The molecule has 0 N–H and O–H groups in total. The summed E-state index contributed by atoms with van der Waals surface area (Å²) < 4.78 is 11.3. The van der Waals surface area contributed by atoms with E-state index in [1.54, 1.807) is 5.57 Å². The number of allylic oxidation sites excluding steroid dienone is 1. The SMILES string of the molecule is CC(=O)OC(CC[C@@H](C)[C@H]1CC[C@H]2[C@@H]3CC=C4C[C@@H](OC(C)=O)CC[C@]4(C)[C@H]3CC[C@]12C)C(C)C. The van der Waals surface area contributed by atoms with Crippen molar-refractivity contribution in [2.24, 2.45) is 46.3 Å². The van der Waals surface area contributed by atoms with Crippen LogP contribution in [0, 0.1) is 46.3 Å². The predicted molar refractivity (Wildman–Crippen MR) is 140 cm³/mol. The zero-order valence-electron chi connectivity index (χ0n) is 23.4. The fourth-order valence-corrected chi connectivity index (χ4v) is 9.31. The van der Waals surface area contributed by atoms with Crippen LogP contribution in [0.15, 0.2) is 11.6 Å². The summed E-state index contributed by atoms with van der Waals surface area (Å²) in [5, 5.41) is 0. The van der Waals surface area contributed by atoms with E-state index >= 15 is 0 Å². The summed E-state index contributed by atoms with van der Waals surface area (Å²) in [6, 6.07) is 0. The predicted octanol–water partition coefficient (Wildman–Crippen LogP) is 7.50. The second-order valence-corrected chi connectivity index (χ2v) is 13.4. The molecule has 0 radical (unpaired) electrons. The number of hydrogen-bond donors (Lipinski definition) is 0. The maximum Gasteiger partial charge on any atom is 0.302 e. The molecule has 4 heteroatoms. The average Bonchev–Trinajstić information content (AvgIpc) is 3.13. The van der Waals surface area contributed by atoms with Gasteiger partial charge in [-0.05, 0) is 104 Å². The Morgan fingerprint density at radius 2 is 1.71 bits per heavy atom. The molecule has 0 spiro atoms. The van der Waals surface area contributed by atoms with E-state index in [0.717, 1.165) is 55.8 Å². The number of carbonyl (C=O) groups is 2. The van der Waals surface area contributed by atoms with Crippen LogP contribution in [0.1, 0.15) is 113 Å². The molecule has 4 aliphatic rings. The molecule has 0 aromatic rings. The van der Waals surface area contributed by atoms with Crippen molar-refractivity contribution in [2.75, 3.05) is 0 Å². The lowest BCUT2D eigenvalue weighted by atomic mass is 9.47. The Balaban J connectivity index is 1.44. The van der Waals surface area contributed by atoms with E-state index in [1.807, 2.05) is 0 Å². The van der Waals surface area contributed by atoms with Gasteiger partial charge in [-0.3, -0.25) is 9.59 Å². The summed E-state index contributed by atoms with van der Waals surface area (Å²) in [6.07, 6.45) is 14.6. The van der Waals surface area contributed by atoms with E-state index in [1.165, 1.54) is 46.0 Å². The molecule has 3 saturated carbocycles. The van der Waals surface area contributed by atoms with Crippen molar-refractivity contribution in [3.05, 3.63) is 11.6 Å². The standard InChI is InChI=1S/C31H50O4/c1-19(2)29(35-22(5)33)13-8-20(3)26-11-12-27-25-10-9-23-18-24(34-21(4)32)14-16-30(23,6)28(25)15-17-31(26,27)7/h9,19-20,24-29H,8,10-18H2,1-7H3/t20-,24+,25+,26-,27+,28+,29?,30+,31-/m1/s1. The Morgan fingerprint density at radius 3 is 2.37 bits per heavy atom. The zero-order chi connectivity index (χ0) is 25.5. The van der Waals surface area contributed by atoms with Crippen LogP contribution in [-0.2, 0) is 19.1 Å². The molecular formula is C31H50O4. The zero-order valence-corrected chi connectivity index (χ0v) is 23.4. The first-order valence-electron chi connectivity index (χ1n) is 14.5. The molecule has 3 fully saturated rings. The van der Waals surface area contributed by atoms with Gasteiger partial charge in [-0.25, -0.2) is 0 Å². The number of ether oxygens (including phenoxy) is 2. The highest BCUT2D eigenvalue weighted by atomic mass is 16.5. The summed E-state index contributed by atoms with van der Waals surface area (Å²) in [4.78, 5) is 23.1. The summed E-state index contributed by atoms with van der Waals surface area (Å²) in [6.45, 7) is 15.0. The maximum absolute atomic E-state index is 11.6. The third kappa shape index (κ3) is 5.10. The van der Waals surface area contributed by atoms with Crippen molar-refractivity contribution in [3.63, 3.8) is 0 Å². The molecule has 9 atom stereocenters. The first-order chi connectivity index (χ1) is 16.5. The van der Waals surface area contributed by atoms with Gasteiger partial charge in [0, 0.05) is 20.3 Å². The van der Waals surface area contributed by atoms with Gasteiger partial charge in [0.25, 0.3) is 0 Å². The Bertz CT molecular complexity index is 830. The highest BCUT2D eigenvalue weighted by Gasteiger charge is 2.59. The van der Waals surface area contributed by atoms with Gasteiger partial charge in [-0.15, -0.1) is 0 Å². The number of rotatable bonds is 7. The van der Waals surface area contributed by atoms with Crippen molar-refractivity contribution >= 4 is 11.9 Å². The monoisotopic (exact) mass is 486 g/mol. The summed E-state index contributed by atoms with van der Waals surface area (Å²) >= 11 is 0. The molecule has 0 amide bonds. The number of carbonyl (C=O) groups excluding carboxylic acids is 2. The van der Waals surface area contributed by atoms with E-state index in [-0.39, 0.29) is 24.1 Å². The van der Waals surface area contributed by atoms with Crippen molar-refractivity contribution < 1.29 is 19.1 Å². The molecule has 4 rings (SSSR count). The minimum Gasteiger partial charge on any atom is -0.462 e. The molecule has 1 unspecified atom stereocenters. The van der Waals surface area contributed by atoms with Gasteiger partial charge < -0.3 is 9.47 Å². The van der Waals surface area contributed by atoms with Crippen LogP contribution in [-0.4, -0.2) is 24.1 Å². The quantitative estimate of drug-likeness (QED) is 0.276. The summed E-state index contributed by atoms with van der Waals surface area (Å²) in [5.74, 6) is 3.93. The molecule has 0 bridgehead atoms. The van der Waals surface area contributed by atoms with E-state index in [0.29, 0.717) is 22.7 Å². The smallest absolute Gasteiger partial charge is 0.302 e. The lowest BCUT2D eigenvalue weighted by Gasteiger charge is -2.58. The fraction of sp³-hybridized carbons (Fsp3) is 0.871. The fourth-order valence-electron chi connectivity index (χ4n) is 9.31. The van der Waals surface area contributed by atoms with Gasteiger partial charge in [0.2, 0.25) is 0 Å². The number of esters is 2. The summed E-state index contributed by atoms with van der Waals surface area (Å²) in [7, 11) is 0. The van der Waals surface area contributed by atoms with Crippen LogP contribution >= 0.6 is 0 Å². The van der Waals surface area contributed by atoms with Crippen molar-refractivity contribution in [3.8, 4) is 0 Å². The van der Waals surface area contributed by atoms with Crippen molar-refractivity contribution in [1.82, 2.24) is 0 Å². The lowest BCUT2D eigenvalue weighted by molar-refractivity contribution is -0.149. The van der Waals surface area contributed by atoms with Crippen molar-refractivity contribution in [2.45, 2.75) is 125 Å². The Hall–Kier alpha value is -1.32. The first kappa shape index (κ1) is 26.7. The molecule has 0 heterocycles.